The first-order valence-electron chi connectivity index (χ1n) is 8.43. The first-order valence-corrected chi connectivity index (χ1v) is 8.43. The summed E-state index contributed by atoms with van der Waals surface area (Å²) in [6.45, 7) is 5.85. The number of aryl methyl sites for hydroxylation is 2. The SMILES string of the molecule is Cc1cc(C)cc(N2C(=O)N[C@H]3C[C@@]2(C)Oc2ccc([N+](=O)[O-])cc23)c1. The van der Waals surface area contributed by atoms with E-state index in [9.17, 15) is 14.9 Å². The van der Waals surface area contributed by atoms with Crippen molar-refractivity contribution in [3.63, 3.8) is 0 Å². The van der Waals surface area contributed by atoms with E-state index in [4.69, 9.17) is 4.74 Å². The van der Waals surface area contributed by atoms with E-state index in [-0.39, 0.29) is 17.8 Å². The molecule has 0 unspecified atom stereocenters. The Kier molecular flexibility index (Phi) is 3.44. The van der Waals surface area contributed by atoms with Gasteiger partial charge in [0, 0.05) is 29.8 Å². The van der Waals surface area contributed by atoms with E-state index in [1.54, 1.807) is 11.0 Å². The molecule has 7 nitrogen and oxygen atoms in total. The van der Waals surface area contributed by atoms with Crippen LogP contribution in [-0.4, -0.2) is 16.7 Å². The number of ether oxygens (including phenoxy) is 1. The van der Waals surface area contributed by atoms with Crippen LogP contribution in [0.15, 0.2) is 36.4 Å². The van der Waals surface area contributed by atoms with E-state index in [0.717, 1.165) is 16.8 Å². The summed E-state index contributed by atoms with van der Waals surface area (Å²) >= 11 is 0. The number of nitrogens with one attached hydrogen (secondary N) is 1. The molecule has 0 saturated carbocycles. The van der Waals surface area contributed by atoms with Crippen LogP contribution in [0.25, 0.3) is 0 Å². The number of benzene rings is 2. The molecule has 7 heteroatoms. The minimum atomic E-state index is -0.865. The van der Waals surface area contributed by atoms with Gasteiger partial charge in [0.15, 0.2) is 5.72 Å². The lowest BCUT2D eigenvalue weighted by Crippen LogP contribution is -2.65. The summed E-state index contributed by atoms with van der Waals surface area (Å²) < 4.78 is 6.18. The highest BCUT2D eigenvalue weighted by Crippen LogP contribution is 2.46. The van der Waals surface area contributed by atoms with Crippen LogP contribution >= 0.6 is 0 Å². The van der Waals surface area contributed by atoms with Gasteiger partial charge in [0.1, 0.15) is 5.75 Å². The zero-order chi connectivity index (χ0) is 18.6. The second-order valence-electron chi connectivity index (χ2n) is 7.14. The lowest BCUT2D eigenvalue weighted by molar-refractivity contribution is -0.385. The van der Waals surface area contributed by atoms with Crippen molar-refractivity contribution in [1.29, 1.82) is 0 Å². The molecule has 2 aliphatic heterocycles. The number of rotatable bonds is 2. The molecule has 1 fully saturated rings. The number of non-ortho nitro benzene ring substituents is 1. The first kappa shape index (κ1) is 16.4. The fourth-order valence-electron chi connectivity index (χ4n) is 3.95. The van der Waals surface area contributed by atoms with Crippen molar-refractivity contribution >= 4 is 17.4 Å². The van der Waals surface area contributed by atoms with Crippen LogP contribution in [0.3, 0.4) is 0 Å². The molecule has 4 rings (SSSR count). The number of anilines is 1. The van der Waals surface area contributed by atoms with E-state index in [2.05, 4.69) is 5.32 Å². The number of carbonyl (C=O) groups excluding carboxylic acids is 1. The van der Waals surface area contributed by atoms with Gasteiger partial charge in [-0.15, -0.1) is 0 Å². The summed E-state index contributed by atoms with van der Waals surface area (Å²) in [6, 6.07) is 9.86. The number of hydrogen-bond acceptors (Lipinski definition) is 4. The van der Waals surface area contributed by atoms with Crippen LogP contribution in [0.2, 0.25) is 0 Å². The molecule has 134 valence electrons. The number of urea groups is 1. The molecule has 2 aromatic carbocycles. The van der Waals surface area contributed by atoms with Gasteiger partial charge in [-0.1, -0.05) is 6.07 Å². The zero-order valence-corrected chi connectivity index (χ0v) is 14.8. The Balaban J connectivity index is 1.79. The van der Waals surface area contributed by atoms with Gasteiger partial charge in [0.25, 0.3) is 5.69 Å². The molecule has 2 atom stereocenters. The summed E-state index contributed by atoms with van der Waals surface area (Å²) in [5.41, 5.74) is 2.66. The van der Waals surface area contributed by atoms with Crippen LogP contribution in [0.5, 0.6) is 5.75 Å². The van der Waals surface area contributed by atoms with Gasteiger partial charge in [-0.05, 0) is 50.1 Å². The van der Waals surface area contributed by atoms with Crippen molar-refractivity contribution in [2.75, 3.05) is 4.90 Å². The minimum absolute atomic E-state index is 0.0121. The average Bonchev–Trinajstić information content (AvgIpc) is 2.52. The standard InChI is InChI=1S/C19H19N3O4/c1-11-6-12(2)8-14(7-11)21-18(23)20-16-10-19(21,3)26-17-5-4-13(22(24)25)9-15(16)17/h4-9,16H,10H2,1-3H3,(H,20,23)/t16-,19+/m0/s1. The predicted molar refractivity (Wildman–Crippen MR) is 96.4 cm³/mol. The Hall–Kier alpha value is -3.09. The minimum Gasteiger partial charge on any atom is -0.467 e. The van der Waals surface area contributed by atoms with Crippen molar-refractivity contribution in [2.45, 2.75) is 39.0 Å². The molecule has 0 aromatic heterocycles. The molecule has 0 spiro atoms. The second-order valence-corrected chi connectivity index (χ2v) is 7.14. The van der Waals surface area contributed by atoms with Crippen molar-refractivity contribution < 1.29 is 14.5 Å². The molecule has 1 saturated heterocycles. The Morgan fingerprint density at radius 3 is 2.58 bits per heavy atom. The van der Waals surface area contributed by atoms with E-state index >= 15 is 0 Å². The van der Waals surface area contributed by atoms with Crippen molar-refractivity contribution in [3.8, 4) is 5.75 Å². The normalized spacial score (nSPS) is 23.7. The van der Waals surface area contributed by atoms with Crippen LogP contribution in [0.1, 0.15) is 36.1 Å². The van der Waals surface area contributed by atoms with Gasteiger partial charge in [0.05, 0.1) is 11.0 Å². The number of carbonyl (C=O) groups is 1. The highest BCUT2D eigenvalue weighted by molar-refractivity contribution is 5.95. The highest BCUT2D eigenvalue weighted by Gasteiger charge is 2.50. The summed E-state index contributed by atoms with van der Waals surface area (Å²) in [4.78, 5) is 25.1. The topological polar surface area (TPSA) is 84.7 Å². The third-order valence-electron chi connectivity index (χ3n) is 4.93. The van der Waals surface area contributed by atoms with Gasteiger partial charge in [-0.3, -0.25) is 15.0 Å². The Bertz CT molecular complexity index is 922. The van der Waals surface area contributed by atoms with Crippen molar-refractivity contribution in [3.05, 3.63) is 63.2 Å². The maximum Gasteiger partial charge on any atom is 0.325 e. The number of nitro benzene ring substituents is 1. The first-order chi connectivity index (χ1) is 12.3. The second kappa shape index (κ2) is 5.45. The van der Waals surface area contributed by atoms with Gasteiger partial charge in [0.2, 0.25) is 0 Å². The van der Waals surface area contributed by atoms with Gasteiger partial charge < -0.3 is 10.1 Å². The van der Waals surface area contributed by atoms with E-state index < -0.39 is 10.6 Å². The third kappa shape index (κ3) is 2.47. The lowest BCUT2D eigenvalue weighted by atomic mass is 9.89. The predicted octanol–water partition coefficient (Wildman–Crippen LogP) is 3.98. The Labute approximate surface area is 150 Å². The summed E-state index contributed by atoms with van der Waals surface area (Å²) in [5, 5.41) is 14.0. The largest absolute Gasteiger partial charge is 0.467 e. The number of nitrogens with zero attached hydrogens (tertiary/aromatic N) is 2. The van der Waals surface area contributed by atoms with Crippen LogP contribution in [-0.2, 0) is 0 Å². The van der Waals surface area contributed by atoms with Crippen molar-refractivity contribution in [1.82, 2.24) is 5.32 Å². The number of fused-ring (bicyclic) bond motifs is 4. The maximum absolute atomic E-state index is 12.9. The fourth-order valence-corrected chi connectivity index (χ4v) is 3.95. The molecule has 26 heavy (non-hydrogen) atoms. The smallest absolute Gasteiger partial charge is 0.325 e. The monoisotopic (exact) mass is 353 g/mol. The summed E-state index contributed by atoms with van der Waals surface area (Å²) in [7, 11) is 0. The molecular weight excluding hydrogens is 334 g/mol. The van der Waals surface area contributed by atoms with Crippen LogP contribution in [0.4, 0.5) is 16.2 Å². The van der Waals surface area contributed by atoms with Crippen molar-refractivity contribution in [2.24, 2.45) is 0 Å². The molecule has 2 bridgehead atoms. The molecular formula is C19H19N3O4. The Morgan fingerprint density at radius 2 is 1.92 bits per heavy atom. The summed E-state index contributed by atoms with van der Waals surface area (Å²) in [5.74, 6) is 0.559. The van der Waals surface area contributed by atoms with E-state index in [1.807, 2.05) is 39.0 Å². The highest BCUT2D eigenvalue weighted by atomic mass is 16.6. The number of hydrogen-bond donors (Lipinski definition) is 1. The summed E-state index contributed by atoms with van der Waals surface area (Å²) in [6.07, 6.45) is 0.500. The molecule has 0 aliphatic carbocycles. The van der Waals surface area contributed by atoms with Crippen LogP contribution in [0, 0.1) is 24.0 Å². The molecule has 2 aliphatic rings. The third-order valence-corrected chi connectivity index (χ3v) is 4.93. The quantitative estimate of drug-likeness (QED) is 0.654. The maximum atomic E-state index is 12.9. The molecule has 2 amide bonds. The van der Waals surface area contributed by atoms with E-state index in [0.29, 0.717) is 17.7 Å². The van der Waals surface area contributed by atoms with Gasteiger partial charge >= 0.3 is 6.03 Å². The number of nitro groups is 1. The van der Waals surface area contributed by atoms with Gasteiger partial charge in [-0.25, -0.2) is 4.79 Å². The van der Waals surface area contributed by atoms with Crippen LogP contribution < -0.4 is 15.0 Å². The Morgan fingerprint density at radius 1 is 1.23 bits per heavy atom. The molecule has 1 N–H and O–H groups in total. The van der Waals surface area contributed by atoms with E-state index in [1.165, 1.54) is 12.1 Å². The molecule has 2 heterocycles. The zero-order valence-electron chi connectivity index (χ0n) is 14.8. The fraction of sp³-hybridized carbons (Fsp3) is 0.316. The molecule has 0 radical (unpaired) electrons. The lowest BCUT2D eigenvalue weighted by Gasteiger charge is -2.50. The molecule has 2 aromatic rings. The average molecular weight is 353 g/mol. The number of amides is 2. The van der Waals surface area contributed by atoms with Gasteiger partial charge in [-0.2, -0.15) is 0 Å².